The van der Waals surface area contributed by atoms with Gasteiger partial charge in [0.05, 0.1) is 6.61 Å². The van der Waals surface area contributed by atoms with Gasteiger partial charge in [-0.2, -0.15) is 0 Å². The molecule has 21 heavy (non-hydrogen) atoms. The van der Waals surface area contributed by atoms with Gasteiger partial charge in [0.15, 0.2) is 0 Å². The molecule has 0 saturated carbocycles. The fourth-order valence-corrected chi connectivity index (χ4v) is 3.28. The van der Waals surface area contributed by atoms with Gasteiger partial charge in [-0.1, -0.05) is 18.2 Å². The van der Waals surface area contributed by atoms with E-state index in [4.69, 9.17) is 9.47 Å². The smallest absolute Gasteiger partial charge is 0.213 e. The molecule has 0 radical (unpaired) electrons. The van der Waals surface area contributed by atoms with E-state index in [-0.39, 0.29) is 0 Å². The van der Waals surface area contributed by atoms with Gasteiger partial charge < -0.3 is 9.47 Å². The van der Waals surface area contributed by atoms with E-state index in [1.807, 2.05) is 13.0 Å². The Labute approximate surface area is 128 Å². The fourth-order valence-electron chi connectivity index (χ4n) is 2.32. The molecule has 0 N–H and O–H groups in total. The SMILES string of the molecule is COCCOc1ccc(-c2csc3ccccc23)c(C)n1. The fraction of sp³-hybridized carbons (Fsp3) is 0.235. The highest BCUT2D eigenvalue weighted by Gasteiger charge is 2.10. The Balaban J connectivity index is 1.92. The van der Waals surface area contributed by atoms with Crippen LogP contribution in [0.5, 0.6) is 5.88 Å². The highest BCUT2D eigenvalue weighted by Crippen LogP contribution is 2.35. The van der Waals surface area contributed by atoms with Gasteiger partial charge in [0.1, 0.15) is 6.61 Å². The summed E-state index contributed by atoms with van der Waals surface area (Å²) >= 11 is 1.76. The summed E-state index contributed by atoms with van der Waals surface area (Å²) in [7, 11) is 1.66. The van der Waals surface area contributed by atoms with Crippen molar-refractivity contribution in [1.82, 2.24) is 4.98 Å². The summed E-state index contributed by atoms with van der Waals surface area (Å²) in [6.07, 6.45) is 0. The van der Waals surface area contributed by atoms with Crippen molar-refractivity contribution >= 4 is 21.4 Å². The molecule has 108 valence electrons. The monoisotopic (exact) mass is 299 g/mol. The number of methoxy groups -OCH3 is 1. The molecule has 0 unspecified atom stereocenters. The number of hydrogen-bond acceptors (Lipinski definition) is 4. The lowest BCUT2D eigenvalue weighted by atomic mass is 10.0. The topological polar surface area (TPSA) is 31.4 Å². The maximum atomic E-state index is 5.55. The van der Waals surface area contributed by atoms with Crippen LogP contribution in [0.4, 0.5) is 0 Å². The Kier molecular flexibility index (Phi) is 4.18. The van der Waals surface area contributed by atoms with Crippen molar-refractivity contribution in [2.75, 3.05) is 20.3 Å². The predicted octanol–water partition coefficient (Wildman–Crippen LogP) is 4.30. The summed E-state index contributed by atoms with van der Waals surface area (Å²) in [5.41, 5.74) is 3.38. The molecule has 2 heterocycles. The summed E-state index contributed by atoms with van der Waals surface area (Å²) in [6, 6.07) is 12.4. The lowest BCUT2D eigenvalue weighted by Gasteiger charge is -2.08. The highest BCUT2D eigenvalue weighted by molar-refractivity contribution is 7.17. The third kappa shape index (κ3) is 2.91. The number of hydrogen-bond donors (Lipinski definition) is 0. The number of aromatic nitrogens is 1. The number of thiophene rings is 1. The van der Waals surface area contributed by atoms with Crippen LogP contribution < -0.4 is 4.74 Å². The Morgan fingerprint density at radius 2 is 1.90 bits per heavy atom. The molecule has 2 aromatic heterocycles. The van der Waals surface area contributed by atoms with E-state index in [0.717, 1.165) is 11.3 Å². The Morgan fingerprint density at radius 3 is 2.71 bits per heavy atom. The van der Waals surface area contributed by atoms with Crippen LogP contribution in [0.25, 0.3) is 21.2 Å². The lowest BCUT2D eigenvalue weighted by Crippen LogP contribution is -2.05. The molecule has 0 spiro atoms. The van der Waals surface area contributed by atoms with Gasteiger partial charge in [0.25, 0.3) is 0 Å². The second kappa shape index (κ2) is 6.24. The molecular weight excluding hydrogens is 282 g/mol. The first-order chi connectivity index (χ1) is 10.3. The molecule has 3 rings (SSSR count). The van der Waals surface area contributed by atoms with Gasteiger partial charge in [-0.3, -0.25) is 0 Å². The molecule has 0 aliphatic rings. The number of aryl methyl sites for hydroxylation is 1. The van der Waals surface area contributed by atoms with E-state index in [0.29, 0.717) is 19.1 Å². The van der Waals surface area contributed by atoms with E-state index >= 15 is 0 Å². The third-order valence-corrected chi connectivity index (χ3v) is 4.33. The van der Waals surface area contributed by atoms with E-state index in [1.165, 1.54) is 15.6 Å². The van der Waals surface area contributed by atoms with Gasteiger partial charge in [0.2, 0.25) is 5.88 Å². The van der Waals surface area contributed by atoms with Crippen LogP contribution in [0.3, 0.4) is 0 Å². The lowest BCUT2D eigenvalue weighted by molar-refractivity contribution is 0.143. The molecule has 0 saturated heterocycles. The summed E-state index contributed by atoms with van der Waals surface area (Å²) in [4.78, 5) is 4.53. The number of nitrogens with zero attached hydrogens (tertiary/aromatic N) is 1. The number of ether oxygens (including phenoxy) is 2. The molecule has 0 aliphatic carbocycles. The van der Waals surface area contributed by atoms with Crippen LogP contribution >= 0.6 is 11.3 Å². The molecule has 0 amide bonds. The average Bonchev–Trinajstić information content (AvgIpc) is 2.92. The highest BCUT2D eigenvalue weighted by atomic mass is 32.1. The van der Waals surface area contributed by atoms with Crippen LogP contribution in [-0.4, -0.2) is 25.3 Å². The van der Waals surface area contributed by atoms with Gasteiger partial charge in [-0.25, -0.2) is 4.98 Å². The summed E-state index contributed by atoms with van der Waals surface area (Å²) in [5, 5.41) is 3.47. The van der Waals surface area contributed by atoms with Gasteiger partial charge in [-0.15, -0.1) is 11.3 Å². The first-order valence-corrected chi connectivity index (χ1v) is 7.73. The first kappa shape index (κ1) is 14.0. The average molecular weight is 299 g/mol. The number of pyridine rings is 1. The molecule has 0 atom stereocenters. The summed E-state index contributed by atoms with van der Waals surface area (Å²) < 4.78 is 11.8. The minimum absolute atomic E-state index is 0.518. The quantitative estimate of drug-likeness (QED) is 0.658. The number of fused-ring (bicyclic) bond motifs is 1. The van der Waals surface area contributed by atoms with Crippen LogP contribution in [0.15, 0.2) is 41.8 Å². The zero-order chi connectivity index (χ0) is 14.7. The Hall–Kier alpha value is -1.91. The van der Waals surface area contributed by atoms with Gasteiger partial charge >= 0.3 is 0 Å². The minimum atomic E-state index is 0.518. The van der Waals surface area contributed by atoms with Crippen molar-refractivity contribution in [2.24, 2.45) is 0 Å². The molecule has 0 bridgehead atoms. The Morgan fingerprint density at radius 1 is 1.05 bits per heavy atom. The Bertz CT molecular complexity index is 751. The molecule has 0 fully saturated rings. The van der Waals surface area contributed by atoms with Crippen molar-refractivity contribution in [2.45, 2.75) is 6.92 Å². The second-order valence-corrected chi connectivity index (χ2v) is 5.68. The van der Waals surface area contributed by atoms with Crippen molar-refractivity contribution in [3.8, 4) is 17.0 Å². The third-order valence-electron chi connectivity index (χ3n) is 3.37. The zero-order valence-electron chi connectivity index (χ0n) is 12.1. The van der Waals surface area contributed by atoms with Crippen molar-refractivity contribution in [1.29, 1.82) is 0 Å². The van der Waals surface area contributed by atoms with E-state index in [2.05, 4.69) is 40.7 Å². The van der Waals surface area contributed by atoms with Crippen molar-refractivity contribution in [3.05, 3.63) is 47.5 Å². The maximum Gasteiger partial charge on any atom is 0.213 e. The molecule has 1 aromatic carbocycles. The normalized spacial score (nSPS) is 11.0. The zero-order valence-corrected chi connectivity index (χ0v) is 12.9. The van der Waals surface area contributed by atoms with Crippen LogP contribution in [-0.2, 0) is 4.74 Å². The molecule has 3 aromatic rings. The number of rotatable bonds is 5. The van der Waals surface area contributed by atoms with Crippen molar-refractivity contribution < 1.29 is 9.47 Å². The van der Waals surface area contributed by atoms with Gasteiger partial charge in [-0.05, 0) is 24.4 Å². The molecule has 4 heteroatoms. The second-order valence-electron chi connectivity index (χ2n) is 4.77. The van der Waals surface area contributed by atoms with E-state index in [1.54, 1.807) is 18.4 Å². The molecule has 0 aliphatic heterocycles. The standard InChI is InChI=1S/C17H17NO2S/c1-12-13(7-8-17(18-12)20-10-9-19-2)15-11-21-16-6-4-3-5-14(15)16/h3-8,11H,9-10H2,1-2H3. The van der Waals surface area contributed by atoms with Crippen LogP contribution in [0.1, 0.15) is 5.69 Å². The van der Waals surface area contributed by atoms with E-state index in [9.17, 15) is 0 Å². The first-order valence-electron chi connectivity index (χ1n) is 6.85. The van der Waals surface area contributed by atoms with Crippen LogP contribution in [0, 0.1) is 6.92 Å². The minimum Gasteiger partial charge on any atom is -0.475 e. The van der Waals surface area contributed by atoms with E-state index < -0.39 is 0 Å². The summed E-state index contributed by atoms with van der Waals surface area (Å²) in [5.74, 6) is 0.646. The molecular formula is C17H17NO2S. The predicted molar refractivity (Wildman–Crippen MR) is 87.2 cm³/mol. The maximum absolute atomic E-state index is 5.55. The van der Waals surface area contributed by atoms with Crippen molar-refractivity contribution in [3.63, 3.8) is 0 Å². The number of benzene rings is 1. The summed E-state index contributed by atoms with van der Waals surface area (Å²) in [6.45, 7) is 3.10. The largest absolute Gasteiger partial charge is 0.475 e. The molecule has 3 nitrogen and oxygen atoms in total. The van der Waals surface area contributed by atoms with Gasteiger partial charge in [0, 0.05) is 40.1 Å². The van der Waals surface area contributed by atoms with Crippen LogP contribution in [0.2, 0.25) is 0 Å².